The van der Waals surface area contributed by atoms with Crippen LogP contribution in [-0.2, 0) is 9.59 Å². The number of hydrogen-bond acceptors (Lipinski definition) is 7. The van der Waals surface area contributed by atoms with E-state index >= 15 is 0 Å². The van der Waals surface area contributed by atoms with Gasteiger partial charge >= 0.3 is 17.8 Å². The third kappa shape index (κ3) is 6.03. The van der Waals surface area contributed by atoms with Crippen LogP contribution in [0.1, 0.15) is 15.2 Å². The van der Waals surface area contributed by atoms with Crippen LogP contribution in [-0.4, -0.2) is 31.1 Å². The molecule has 0 saturated heterocycles. The molecule has 2 amide bonds. The molecule has 1 heterocycles. The van der Waals surface area contributed by atoms with Gasteiger partial charge in [0.15, 0.2) is 11.5 Å². The first-order chi connectivity index (χ1) is 17.8. The largest absolute Gasteiger partial charge is 0.493 e. The summed E-state index contributed by atoms with van der Waals surface area (Å²) < 4.78 is 11.7. The molecule has 0 saturated carbocycles. The Labute approximate surface area is 229 Å². The number of amides is 2. The number of hydrazone groups is 1. The van der Waals surface area contributed by atoms with E-state index in [1.54, 1.807) is 18.2 Å². The first kappa shape index (κ1) is 26.4. The molecular weight excluding hydrogens is 561 g/mol. The molecule has 0 fully saturated rings. The lowest BCUT2D eigenvalue weighted by molar-refractivity contribution is -0.136. The maximum Gasteiger partial charge on any atom is 0.355 e. The van der Waals surface area contributed by atoms with Gasteiger partial charge in [-0.05, 0) is 42.0 Å². The number of ether oxygens (including phenoxy) is 2. The number of nitrogens with zero attached hydrogens (tertiary/aromatic N) is 1. The topological polar surface area (TPSA) is 106 Å². The van der Waals surface area contributed by atoms with Crippen molar-refractivity contribution in [2.75, 3.05) is 12.4 Å². The zero-order valence-electron chi connectivity index (χ0n) is 18.9. The second-order valence-electron chi connectivity index (χ2n) is 7.30. The number of esters is 1. The maximum absolute atomic E-state index is 12.8. The van der Waals surface area contributed by atoms with Crippen LogP contribution in [0.15, 0.2) is 65.8 Å². The third-order valence-corrected chi connectivity index (χ3v) is 7.37. The molecule has 0 aliphatic rings. The maximum atomic E-state index is 12.8. The molecule has 0 aliphatic carbocycles. The van der Waals surface area contributed by atoms with Gasteiger partial charge in [-0.1, -0.05) is 59.1 Å². The van der Waals surface area contributed by atoms with Crippen LogP contribution < -0.4 is 20.2 Å². The van der Waals surface area contributed by atoms with E-state index in [-0.39, 0.29) is 32.1 Å². The van der Waals surface area contributed by atoms with E-state index in [0.717, 1.165) is 10.1 Å². The minimum absolute atomic E-state index is 0.108. The highest BCUT2D eigenvalue weighted by atomic mass is 35.5. The molecule has 4 rings (SSSR count). The highest BCUT2D eigenvalue weighted by Gasteiger charge is 2.20. The molecule has 1 aromatic heterocycles. The smallest absolute Gasteiger partial charge is 0.355 e. The number of benzene rings is 3. The highest BCUT2D eigenvalue weighted by Crippen LogP contribution is 2.37. The molecule has 0 spiro atoms. The normalized spacial score (nSPS) is 10.9. The molecule has 188 valence electrons. The van der Waals surface area contributed by atoms with Crippen LogP contribution >= 0.6 is 46.1 Å². The summed E-state index contributed by atoms with van der Waals surface area (Å²) in [6.45, 7) is 0. The van der Waals surface area contributed by atoms with Gasteiger partial charge in [0.25, 0.3) is 0 Å². The van der Waals surface area contributed by atoms with Gasteiger partial charge in [-0.3, -0.25) is 9.59 Å². The highest BCUT2D eigenvalue weighted by molar-refractivity contribution is 7.21. The number of fused-ring (bicyclic) bond motifs is 1. The zero-order chi connectivity index (χ0) is 26.5. The summed E-state index contributed by atoms with van der Waals surface area (Å²) in [6.07, 6.45) is 1.29. The summed E-state index contributed by atoms with van der Waals surface area (Å²) in [5.74, 6) is -2.22. The fourth-order valence-corrected chi connectivity index (χ4v) is 4.87. The van der Waals surface area contributed by atoms with Crippen LogP contribution in [0.3, 0.4) is 0 Å². The van der Waals surface area contributed by atoms with Crippen molar-refractivity contribution < 1.29 is 23.9 Å². The predicted octanol–water partition coefficient (Wildman–Crippen LogP) is 6.18. The number of thiophene rings is 1. The van der Waals surface area contributed by atoms with E-state index in [9.17, 15) is 14.4 Å². The van der Waals surface area contributed by atoms with Crippen molar-refractivity contribution in [3.63, 3.8) is 0 Å². The predicted molar refractivity (Wildman–Crippen MR) is 146 cm³/mol. The molecule has 4 aromatic rings. The zero-order valence-corrected chi connectivity index (χ0v) is 22.0. The second-order valence-corrected chi connectivity index (χ2v) is 9.51. The fourth-order valence-electron chi connectivity index (χ4n) is 3.14. The number of halogens is 3. The molecule has 0 atom stereocenters. The van der Waals surface area contributed by atoms with E-state index in [2.05, 4.69) is 15.8 Å². The minimum atomic E-state index is -1.02. The van der Waals surface area contributed by atoms with Gasteiger partial charge in [-0.2, -0.15) is 5.10 Å². The Kier molecular flexibility index (Phi) is 8.30. The number of rotatable bonds is 6. The monoisotopic (exact) mass is 575 g/mol. The van der Waals surface area contributed by atoms with Crippen LogP contribution in [0.25, 0.3) is 10.1 Å². The molecule has 2 N–H and O–H groups in total. The molecule has 0 bridgehead atoms. The first-order valence-electron chi connectivity index (χ1n) is 10.4. The quantitative estimate of drug-likeness (QED) is 0.0938. The Morgan fingerprint density at radius 3 is 2.46 bits per heavy atom. The molecule has 12 heteroatoms. The molecule has 8 nitrogen and oxygen atoms in total. The van der Waals surface area contributed by atoms with Crippen molar-refractivity contribution in [3.05, 3.63) is 86.2 Å². The van der Waals surface area contributed by atoms with E-state index in [0.29, 0.717) is 10.6 Å². The van der Waals surface area contributed by atoms with Gasteiger partial charge in [-0.15, -0.1) is 11.3 Å². The van der Waals surface area contributed by atoms with E-state index in [1.165, 1.54) is 42.9 Å². The lowest BCUT2D eigenvalue weighted by atomic mass is 10.2. The van der Waals surface area contributed by atoms with Gasteiger partial charge in [0.2, 0.25) is 0 Å². The molecule has 3 aromatic carbocycles. The fraction of sp³-hybridized carbons (Fsp3) is 0.0400. The van der Waals surface area contributed by atoms with E-state index < -0.39 is 17.8 Å². The summed E-state index contributed by atoms with van der Waals surface area (Å²) in [6, 6.07) is 16.6. The minimum Gasteiger partial charge on any atom is -0.493 e. The van der Waals surface area contributed by atoms with E-state index in [1.807, 2.05) is 24.3 Å². The number of hydrogen-bond donors (Lipinski definition) is 2. The van der Waals surface area contributed by atoms with Crippen molar-refractivity contribution >= 4 is 85.9 Å². The van der Waals surface area contributed by atoms with Gasteiger partial charge < -0.3 is 14.8 Å². The van der Waals surface area contributed by atoms with Gasteiger partial charge in [-0.25, -0.2) is 10.2 Å². The summed E-state index contributed by atoms with van der Waals surface area (Å²) in [5, 5.41) is 7.55. The number of carbonyl (C=O) groups is 3. The first-order valence-corrected chi connectivity index (χ1v) is 12.4. The summed E-state index contributed by atoms with van der Waals surface area (Å²) in [4.78, 5) is 37.2. The summed E-state index contributed by atoms with van der Waals surface area (Å²) in [7, 11) is 1.41. The Morgan fingerprint density at radius 2 is 1.70 bits per heavy atom. The van der Waals surface area contributed by atoms with Gasteiger partial charge in [0.05, 0.1) is 34.1 Å². The Morgan fingerprint density at radius 1 is 0.919 bits per heavy atom. The van der Waals surface area contributed by atoms with Crippen LogP contribution in [0.4, 0.5) is 5.69 Å². The molecule has 0 unspecified atom stereocenters. The third-order valence-electron chi connectivity index (χ3n) is 4.90. The van der Waals surface area contributed by atoms with Crippen LogP contribution in [0.5, 0.6) is 11.5 Å². The molecular formula is C25H16Cl3N3O5S. The summed E-state index contributed by atoms with van der Waals surface area (Å²) >= 11 is 19.5. The molecule has 0 aliphatic heterocycles. The Hall–Kier alpha value is -3.63. The summed E-state index contributed by atoms with van der Waals surface area (Å²) in [5.41, 5.74) is 2.79. The van der Waals surface area contributed by atoms with Crippen molar-refractivity contribution in [1.29, 1.82) is 0 Å². The standard InChI is InChI=1S/C25H16Cl3N3O5S/c1-35-18-11-13(12-29-31-24(33)23(32)30-16-7-4-6-15(26)21(16)28)9-10-17(18)36-25(34)22-20(27)14-5-2-3-8-19(14)37-22/h2-12H,1H3,(H,30,32)(H,31,33)/b29-12-. The average molecular weight is 577 g/mol. The molecule has 0 radical (unpaired) electrons. The Balaban J connectivity index is 1.40. The van der Waals surface area contributed by atoms with Gasteiger partial charge in [0, 0.05) is 10.1 Å². The SMILES string of the molecule is COc1cc(/C=N\NC(=O)C(=O)Nc2cccc(Cl)c2Cl)ccc1OC(=O)c1sc2ccccc2c1Cl. The van der Waals surface area contributed by atoms with Crippen LogP contribution in [0.2, 0.25) is 15.1 Å². The number of methoxy groups -OCH3 is 1. The molecule has 37 heavy (non-hydrogen) atoms. The second kappa shape index (κ2) is 11.6. The van der Waals surface area contributed by atoms with Crippen molar-refractivity contribution in [1.82, 2.24) is 5.43 Å². The van der Waals surface area contributed by atoms with Crippen molar-refractivity contribution in [2.45, 2.75) is 0 Å². The number of carbonyl (C=O) groups excluding carboxylic acids is 3. The Bertz CT molecular complexity index is 1550. The average Bonchev–Trinajstić information content (AvgIpc) is 3.24. The lowest BCUT2D eigenvalue weighted by Gasteiger charge is -2.09. The number of anilines is 1. The lowest BCUT2D eigenvalue weighted by Crippen LogP contribution is -2.32. The van der Waals surface area contributed by atoms with Crippen molar-refractivity contribution in [3.8, 4) is 11.5 Å². The van der Waals surface area contributed by atoms with E-state index in [4.69, 9.17) is 44.3 Å². The van der Waals surface area contributed by atoms with Crippen LogP contribution in [0, 0.1) is 0 Å². The number of nitrogens with one attached hydrogen (secondary N) is 2. The van der Waals surface area contributed by atoms with Crippen molar-refractivity contribution in [2.24, 2.45) is 5.10 Å². The van der Waals surface area contributed by atoms with Gasteiger partial charge in [0.1, 0.15) is 4.88 Å².